The molecule has 0 unspecified atom stereocenters. The lowest BCUT2D eigenvalue weighted by Gasteiger charge is -2.29. The van der Waals surface area contributed by atoms with Crippen LogP contribution in [0.15, 0.2) is 78.0 Å². The van der Waals surface area contributed by atoms with Gasteiger partial charge >= 0.3 is 5.69 Å². The molecule has 10 heteroatoms. The van der Waals surface area contributed by atoms with Crippen molar-refractivity contribution in [2.24, 2.45) is 5.92 Å². The summed E-state index contributed by atoms with van der Waals surface area (Å²) in [6.07, 6.45) is 8.35. The van der Waals surface area contributed by atoms with Gasteiger partial charge in [-0.1, -0.05) is 29.8 Å². The number of imidazole rings is 1. The van der Waals surface area contributed by atoms with E-state index < -0.39 is 0 Å². The van der Waals surface area contributed by atoms with Crippen LogP contribution in [0.3, 0.4) is 0 Å². The van der Waals surface area contributed by atoms with Crippen molar-refractivity contribution < 1.29 is 4.79 Å². The molecule has 0 spiro atoms. The number of rotatable bonds is 6. The molecular weight excluding hydrogens is 514 g/mol. The van der Waals surface area contributed by atoms with Crippen molar-refractivity contribution >= 4 is 28.5 Å². The first-order valence-electron chi connectivity index (χ1n) is 13.1. The van der Waals surface area contributed by atoms with Crippen molar-refractivity contribution in [2.75, 3.05) is 0 Å². The van der Waals surface area contributed by atoms with E-state index in [1.165, 1.54) is 4.80 Å². The molecule has 0 atom stereocenters. The van der Waals surface area contributed by atoms with Crippen molar-refractivity contribution in [3.05, 3.63) is 100.0 Å². The number of aryl methyl sites for hydroxylation is 1. The van der Waals surface area contributed by atoms with Gasteiger partial charge in [-0.05, 0) is 74.9 Å². The minimum atomic E-state index is -0.141. The van der Waals surface area contributed by atoms with E-state index in [1.54, 1.807) is 36.1 Å². The number of fused-ring (bicyclic) bond motifs is 1. The summed E-state index contributed by atoms with van der Waals surface area (Å²) in [5.74, 6) is 0.196. The van der Waals surface area contributed by atoms with Crippen LogP contribution in [-0.4, -0.2) is 41.1 Å². The summed E-state index contributed by atoms with van der Waals surface area (Å²) in [7, 11) is 0. The number of hydrogen-bond acceptors (Lipinski definition) is 5. The molecule has 6 rings (SSSR count). The first kappa shape index (κ1) is 25.1. The van der Waals surface area contributed by atoms with Crippen LogP contribution in [0.5, 0.6) is 0 Å². The third-order valence-electron chi connectivity index (χ3n) is 7.49. The molecule has 1 N–H and O–H groups in total. The highest BCUT2D eigenvalue weighted by Crippen LogP contribution is 2.28. The van der Waals surface area contributed by atoms with Crippen LogP contribution in [0.2, 0.25) is 5.02 Å². The maximum Gasteiger partial charge on any atom is 0.333 e. The number of carbonyl (C=O) groups excluding carboxylic acids is 1. The number of hydrogen-bond donors (Lipinski definition) is 1. The van der Waals surface area contributed by atoms with Gasteiger partial charge in [0.1, 0.15) is 0 Å². The van der Waals surface area contributed by atoms with E-state index in [9.17, 15) is 9.59 Å². The molecule has 1 aliphatic carbocycles. The van der Waals surface area contributed by atoms with E-state index in [0.29, 0.717) is 28.7 Å². The van der Waals surface area contributed by atoms with Crippen LogP contribution in [0.25, 0.3) is 22.4 Å². The zero-order valence-corrected chi connectivity index (χ0v) is 22.3. The van der Waals surface area contributed by atoms with Gasteiger partial charge in [0, 0.05) is 18.8 Å². The summed E-state index contributed by atoms with van der Waals surface area (Å²) in [6.45, 7) is 2.44. The zero-order chi connectivity index (χ0) is 26.9. The maximum absolute atomic E-state index is 13.8. The molecule has 1 amide bonds. The molecule has 198 valence electrons. The molecule has 3 heterocycles. The zero-order valence-electron chi connectivity index (χ0n) is 21.5. The van der Waals surface area contributed by atoms with Crippen molar-refractivity contribution in [3.8, 4) is 11.4 Å². The largest absolute Gasteiger partial charge is 0.349 e. The number of aromatic nitrogens is 6. The number of pyridine rings is 1. The normalized spacial score (nSPS) is 17.4. The van der Waals surface area contributed by atoms with Gasteiger partial charge in [-0.3, -0.25) is 18.9 Å². The van der Waals surface area contributed by atoms with Gasteiger partial charge in [0.15, 0.2) is 0 Å². The number of benzene rings is 2. The molecule has 1 fully saturated rings. The van der Waals surface area contributed by atoms with Crippen LogP contribution in [0.1, 0.15) is 41.7 Å². The Labute approximate surface area is 230 Å². The quantitative estimate of drug-likeness (QED) is 0.335. The molecule has 2 aromatic carbocycles. The molecule has 0 bridgehead atoms. The Morgan fingerprint density at radius 2 is 1.69 bits per heavy atom. The lowest BCUT2D eigenvalue weighted by molar-refractivity contribution is 0.0919. The van der Waals surface area contributed by atoms with Crippen LogP contribution in [0, 0.1) is 12.8 Å². The Balaban J connectivity index is 1.20. The van der Waals surface area contributed by atoms with Gasteiger partial charge in [0.05, 0.1) is 51.1 Å². The van der Waals surface area contributed by atoms with E-state index in [0.717, 1.165) is 48.1 Å². The average Bonchev–Trinajstić information content (AvgIpc) is 3.58. The summed E-state index contributed by atoms with van der Waals surface area (Å²) in [4.78, 5) is 32.3. The Morgan fingerprint density at radius 3 is 2.46 bits per heavy atom. The predicted molar refractivity (Wildman–Crippen MR) is 150 cm³/mol. The van der Waals surface area contributed by atoms with Crippen LogP contribution in [0.4, 0.5) is 0 Å². The third-order valence-corrected chi connectivity index (χ3v) is 7.70. The highest BCUT2D eigenvalue weighted by atomic mass is 35.5. The first-order chi connectivity index (χ1) is 19.0. The van der Waals surface area contributed by atoms with E-state index in [-0.39, 0.29) is 17.6 Å². The predicted octanol–water partition coefficient (Wildman–Crippen LogP) is 4.72. The number of carbonyl (C=O) groups is 1. The molecule has 3 aromatic heterocycles. The summed E-state index contributed by atoms with van der Waals surface area (Å²) in [5.41, 5.74) is 4.42. The fourth-order valence-corrected chi connectivity index (χ4v) is 5.65. The first-order valence-corrected chi connectivity index (χ1v) is 13.5. The van der Waals surface area contributed by atoms with Gasteiger partial charge < -0.3 is 5.32 Å². The molecule has 9 nitrogen and oxygen atoms in total. The Hall–Kier alpha value is -4.24. The second-order valence-electron chi connectivity index (χ2n) is 10.0. The number of para-hydroxylation sites is 2. The van der Waals surface area contributed by atoms with Gasteiger partial charge in [-0.2, -0.15) is 15.0 Å². The summed E-state index contributed by atoms with van der Waals surface area (Å²) in [5, 5.41) is 12.0. The molecule has 0 radical (unpaired) electrons. The second-order valence-corrected chi connectivity index (χ2v) is 10.5. The van der Waals surface area contributed by atoms with Crippen molar-refractivity contribution in [3.63, 3.8) is 0 Å². The Morgan fingerprint density at radius 1 is 0.974 bits per heavy atom. The van der Waals surface area contributed by atoms with Gasteiger partial charge in [-0.15, -0.1) is 0 Å². The van der Waals surface area contributed by atoms with Crippen molar-refractivity contribution in [1.29, 1.82) is 0 Å². The topological polar surface area (TPSA) is 99.6 Å². The number of nitrogens with one attached hydrogen (secondary N) is 1. The fraction of sp³-hybridized carbons (Fsp3) is 0.276. The minimum absolute atomic E-state index is 0.0684. The van der Waals surface area contributed by atoms with Crippen molar-refractivity contribution in [2.45, 2.75) is 45.2 Å². The van der Waals surface area contributed by atoms with E-state index >= 15 is 0 Å². The lowest BCUT2D eigenvalue weighted by Crippen LogP contribution is -2.39. The van der Waals surface area contributed by atoms with Gasteiger partial charge in [-0.25, -0.2) is 4.79 Å². The van der Waals surface area contributed by atoms with Crippen molar-refractivity contribution in [1.82, 2.24) is 34.4 Å². The van der Waals surface area contributed by atoms with Crippen LogP contribution < -0.4 is 11.0 Å². The summed E-state index contributed by atoms with van der Waals surface area (Å²) in [6, 6.07) is 17.3. The fourth-order valence-electron chi connectivity index (χ4n) is 5.49. The minimum Gasteiger partial charge on any atom is -0.349 e. The molecule has 39 heavy (non-hydrogen) atoms. The summed E-state index contributed by atoms with van der Waals surface area (Å²) < 4.78 is 3.65. The van der Waals surface area contributed by atoms with Gasteiger partial charge in [0.25, 0.3) is 5.91 Å². The standard InChI is InChI=1S/C29H28ClN7O2/c1-19-25(15-21(30)17-31-19)28(38)34-22-11-9-20(10-12-22)18-35-26-7-2-3-8-27(26)36(29(35)39)23-5-4-6-24(16-23)37-32-13-14-33-37/h2-8,13-17,20,22H,9-12,18H2,1H3,(H,34,38)/t20-,22-. The number of nitrogens with zero attached hydrogens (tertiary/aromatic N) is 6. The third kappa shape index (κ3) is 4.97. The maximum atomic E-state index is 13.8. The highest BCUT2D eigenvalue weighted by molar-refractivity contribution is 6.30. The summed E-state index contributed by atoms with van der Waals surface area (Å²) >= 11 is 6.05. The Kier molecular flexibility index (Phi) is 6.74. The SMILES string of the molecule is Cc1ncc(Cl)cc1C(=O)N[C@H]1CC[C@H](Cn2c(=O)n(-c3cccc(-n4nccn4)c3)c3ccccc32)CC1. The number of halogens is 1. The lowest BCUT2D eigenvalue weighted by atomic mass is 9.85. The van der Waals surface area contributed by atoms with E-state index in [4.69, 9.17) is 11.6 Å². The smallest absolute Gasteiger partial charge is 0.333 e. The molecule has 1 aliphatic rings. The molecule has 0 aliphatic heterocycles. The molecule has 0 saturated heterocycles. The van der Waals surface area contributed by atoms with Crippen LogP contribution >= 0.6 is 11.6 Å². The number of amides is 1. The average molecular weight is 542 g/mol. The highest BCUT2D eigenvalue weighted by Gasteiger charge is 2.25. The monoisotopic (exact) mass is 541 g/mol. The van der Waals surface area contributed by atoms with E-state index in [2.05, 4.69) is 20.5 Å². The Bertz CT molecular complexity index is 1700. The molecule has 1 saturated carbocycles. The van der Waals surface area contributed by atoms with E-state index in [1.807, 2.05) is 53.1 Å². The van der Waals surface area contributed by atoms with Gasteiger partial charge in [0.2, 0.25) is 0 Å². The molecular formula is C29H28ClN7O2. The molecule has 5 aromatic rings. The second kappa shape index (κ2) is 10.5. The van der Waals surface area contributed by atoms with Crippen LogP contribution in [-0.2, 0) is 6.54 Å².